The summed E-state index contributed by atoms with van der Waals surface area (Å²) >= 11 is 0. The van der Waals surface area contributed by atoms with E-state index in [1.54, 1.807) is 13.8 Å². The Morgan fingerprint density at radius 2 is 1.94 bits per heavy atom. The molecule has 1 aromatic carbocycles. The second-order valence-corrected chi connectivity index (χ2v) is 7.76. The Bertz CT molecular complexity index is 961. The molecule has 3 rings (SSSR count). The van der Waals surface area contributed by atoms with E-state index in [-0.39, 0.29) is 18.3 Å². The lowest BCUT2D eigenvalue weighted by Gasteiger charge is -2.38. The van der Waals surface area contributed by atoms with Crippen molar-refractivity contribution in [3.63, 3.8) is 0 Å². The van der Waals surface area contributed by atoms with Crippen LogP contribution < -0.4 is 10.1 Å². The number of carbonyl (C=O) groups is 3. The number of ketones is 1. The molecule has 0 saturated carbocycles. The summed E-state index contributed by atoms with van der Waals surface area (Å²) in [4.78, 5) is 39.0. The number of methoxy groups -OCH3 is 1. The summed E-state index contributed by atoms with van der Waals surface area (Å²) in [7, 11) is 1.28. The second kappa shape index (κ2) is 9.37. The average molecular weight is 427 g/mol. The zero-order valence-corrected chi connectivity index (χ0v) is 18.6. The van der Waals surface area contributed by atoms with Gasteiger partial charge in [0.1, 0.15) is 11.7 Å². The molecule has 7 nitrogen and oxygen atoms in total. The van der Waals surface area contributed by atoms with Crippen molar-refractivity contribution in [3.8, 4) is 5.75 Å². The molecule has 1 aliphatic heterocycles. The van der Waals surface area contributed by atoms with E-state index in [9.17, 15) is 14.4 Å². The molecule has 1 N–H and O–H groups in total. The molecule has 0 unspecified atom stereocenters. The first-order valence-electron chi connectivity index (χ1n) is 10.6. The number of ether oxygens (including phenoxy) is 3. The second-order valence-electron chi connectivity index (χ2n) is 7.76. The highest BCUT2D eigenvalue weighted by Crippen LogP contribution is 2.45. The van der Waals surface area contributed by atoms with Gasteiger partial charge in [0.15, 0.2) is 5.78 Å². The molecule has 0 bridgehead atoms. The van der Waals surface area contributed by atoms with Gasteiger partial charge in [-0.05, 0) is 50.8 Å². The largest absolute Gasteiger partial charge is 0.494 e. The van der Waals surface area contributed by atoms with Crippen molar-refractivity contribution in [2.24, 2.45) is 11.8 Å². The van der Waals surface area contributed by atoms with Crippen LogP contribution in [0.4, 0.5) is 0 Å². The molecule has 2 aliphatic rings. The molecule has 0 saturated heterocycles. The molecule has 0 radical (unpaired) electrons. The summed E-state index contributed by atoms with van der Waals surface area (Å²) < 4.78 is 15.9. The highest BCUT2D eigenvalue weighted by molar-refractivity contribution is 6.12. The topological polar surface area (TPSA) is 90.9 Å². The Hall–Kier alpha value is -3.09. The Balaban J connectivity index is 2.19. The molecule has 7 heteroatoms. The van der Waals surface area contributed by atoms with Gasteiger partial charge in [0, 0.05) is 22.9 Å². The zero-order chi connectivity index (χ0) is 22.7. The van der Waals surface area contributed by atoms with Gasteiger partial charge in [-0.1, -0.05) is 19.1 Å². The normalized spacial score (nSPS) is 23.1. The predicted octanol–water partition coefficient (Wildman–Crippen LogP) is 3.26. The molecule has 166 valence electrons. The van der Waals surface area contributed by atoms with Gasteiger partial charge < -0.3 is 19.5 Å². The Labute approximate surface area is 182 Å². The van der Waals surface area contributed by atoms with Crippen molar-refractivity contribution in [1.82, 2.24) is 5.32 Å². The minimum Gasteiger partial charge on any atom is -0.494 e. The van der Waals surface area contributed by atoms with Gasteiger partial charge in [-0.2, -0.15) is 0 Å². The fourth-order valence-corrected chi connectivity index (χ4v) is 4.44. The number of hydrogen-bond acceptors (Lipinski definition) is 7. The summed E-state index contributed by atoms with van der Waals surface area (Å²) in [6, 6.07) is 7.34. The van der Waals surface area contributed by atoms with Crippen LogP contribution in [0, 0.1) is 11.8 Å². The van der Waals surface area contributed by atoms with E-state index >= 15 is 0 Å². The highest BCUT2D eigenvalue weighted by atomic mass is 16.5. The number of esters is 2. The third kappa shape index (κ3) is 4.22. The van der Waals surface area contributed by atoms with Crippen LogP contribution in [0.1, 0.15) is 45.6 Å². The van der Waals surface area contributed by atoms with Crippen molar-refractivity contribution in [3.05, 3.63) is 52.4 Å². The fraction of sp³-hybridized carbons (Fsp3) is 0.458. The standard InChI is InChI=1S/C24H29NO6/c1-6-30-16-10-8-9-15(12-16)20-19(24(28)31-7-2)14(4)25-17-11-13(3)18(23(27)29-5)22(26)21(17)20/h8-10,12-13,18,20,25H,6-7,11H2,1-5H3/t13-,18-,20-/m1/s1. The lowest BCUT2D eigenvalue weighted by atomic mass is 9.69. The number of nitrogens with one attached hydrogen (secondary N) is 1. The molecule has 0 spiro atoms. The van der Waals surface area contributed by atoms with Crippen LogP contribution in [0.2, 0.25) is 0 Å². The third-order valence-corrected chi connectivity index (χ3v) is 5.74. The summed E-state index contributed by atoms with van der Waals surface area (Å²) in [5, 5.41) is 3.24. The van der Waals surface area contributed by atoms with Gasteiger partial charge in [0.25, 0.3) is 0 Å². The number of hydrogen-bond donors (Lipinski definition) is 1. The number of benzene rings is 1. The van der Waals surface area contributed by atoms with Crippen molar-refractivity contribution >= 4 is 17.7 Å². The molecule has 1 aliphatic carbocycles. The van der Waals surface area contributed by atoms with Crippen LogP contribution in [0.25, 0.3) is 0 Å². The smallest absolute Gasteiger partial charge is 0.336 e. The number of dihydropyridines is 1. The van der Waals surface area contributed by atoms with Gasteiger partial charge in [0.2, 0.25) is 0 Å². The summed E-state index contributed by atoms with van der Waals surface area (Å²) in [5.41, 5.74) is 2.88. The number of rotatable bonds is 6. The molecule has 0 amide bonds. The predicted molar refractivity (Wildman–Crippen MR) is 114 cm³/mol. The summed E-state index contributed by atoms with van der Waals surface area (Å²) in [5.74, 6) is -2.54. The monoisotopic (exact) mass is 427 g/mol. The quantitative estimate of drug-likeness (QED) is 0.550. The van der Waals surface area contributed by atoms with Crippen LogP contribution >= 0.6 is 0 Å². The Kier molecular flexibility index (Phi) is 6.83. The van der Waals surface area contributed by atoms with Crippen molar-refractivity contribution in [2.45, 2.75) is 40.0 Å². The first kappa shape index (κ1) is 22.6. The first-order chi connectivity index (χ1) is 14.8. The first-order valence-corrected chi connectivity index (χ1v) is 10.6. The molecule has 3 atom stereocenters. The van der Waals surface area contributed by atoms with E-state index in [2.05, 4.69) is 5.32 Å². The molecule has 0 fully saturated rings. The molecule has 0 aromatic heterocycles. The maximum absolute atomic E-state index is 13.6. The van der Waals surface area contributed by atoms with Gasteiger partial charge in [-0.15, -0.1) is 0 Å². The van der Waals surface area contributed by atoms with Crippen LogP contribution in [0.5, 0.6) is 5.75 Å². The number of Topliss-reactive ketones (excluding diaryl/α,β-unsaturated/α-hetero) is 1. The van der Waals surface area contributed by atoms with Crippen LogP contribution in [-0.2, 0) is 23.9 Å². The third-order valence-electron chi connectivity index (χ3n) is 5.74. The van der Waals surface area contributed by atoms with E-state index in [0.29, 0.717) is 35.6 Å². The lowest BCUT2D eigenvalue weighted by Crippen LogP contribution is -2.43. The maximum atomic E-state index is 13.6. The van der Waals surface area contributed by atoms with Gasteiger partial charge in [0.05, 0.1) is 25.9 Å². The van der Waals surface area contributed by atoms with Gasteiger partial charge >= 0.3 is 11.9 Å². The summed E-state index contributed by atoms with van der Waals surface area (Å²) in [6.07, 6.45) is 0.496. The van der Waals surface area contributed by atoms with E-state index in [1.807, 2.05) is 38.1 Å². The lowest BCUT2D eigenvalue weighted by molar-refractivity contribution is -0.151. The molecular formula is C24H29NO6. The molecular weight excluding hydrogens is 398 g/mol. The molecule has 31 heavy (non-hydrogen) atoms. The van der Waals surface area contributed by atoms with Gasteiger partial charge in [-0.3, -0.25) is 9.59 Å². The minimum absolute atomic E-state index is 0.211. The fourth-order valence-electron chi connectivity index (χ4n) is 4.44. The highest BCUT2D eigenvalue weighted by Gasteiger charge is 2.47. The SMILES string of the molecule is CCOC(=O)C1=C(C)NC2=C(C(=O)[C@H](C(=O)OC)[C@H](C)C2)[C@@H]1c1cccc(OCC)c1. The van der Waals surface area contributed by atoms with Crippen molar-refractivity contribution in [2.75, 3.05) is 20.3 Å². The van der Waals surface area contributed by atoms with Crippen LogP contribution in [0.15, 0.2) is 46.8 Å². The van der Waals surface area contributed by atoms with Crippen molar-refractivity contribution in [1.29, 1.82) is 0 Å². The molecule has 1 heterocycles. The average Bonchev–Trinajstić information content (AvgIpc) is 2.73. The van der Waals surface area contributed by atoms with E-state index in [1.165, 1.54) is 7.11 Å². The van der Waals surface area contributed by atoms with E-state index in [0.717, 1.165) is 11.3 Å². The van der Waals surface area contributed by atoms with E-state index < -0.39 is 23.8 Å². The summed E-state index contributed by atoms with van der Waals surface area (Å²) in [6.45, 7) is 7.98. The maximum Gasteiger partial charge on any atom is 0.336 e. The van der Waals surface area contributed by atoms with Crippen LogP contribution in [0.3, 0.4) is 0 Å². The van der Waals surface area contributed by atoms with Gasteiger partial charge in [-0.25, -0.2) is 4.79 Å². The molecule has 1 aromatic rings. The Morgan fingerprint density at radius 3 is 2.58 bits per heavy atom. The zero-order valence-electron chi connectivity index (χ0n) is 18.6. The van der Waals surface area contributed by atoms with Crippen LogP contribution in [-0.4, -0.2) is 38.0 Å². The van der Waals surface area contributed by atoms with E-state index in [4.69, 9.17) is 14.2 Å². The number of carbonyl (C=O) groups excluding carboxylic acids is 3. The van der Waals surface area contributed by atoms with Crippen molar-refractivity contribution < 1.29 is 28.6 Å². The minimum atomic E-state index is -0.912. The number of allylic oxidation sites excluding steroid dienone is 3. The Morgan fingerprint density at radius 1 is 1.19 bits per heavy atom.